The second kappa shape index (κ2) is 4.53. The maximum atomic E-state index is 13.5. The highest BCUT2D eigenvalue weighted by Gasteiger charge is 2.34. The summed E-state index contributed by atoms with van der Waals surface area (Å²) in [7, 11) is 0. The summed E-state index contributed by atoms with van der Waals surface area (Å²) < 4.78 is 14.0. The first-order valence-corrected chi connectivity index (χ1v) is 7.02. The summed E-state index contributed by atoms with van der Waals surface area (Å²) in [6.07, 6.45) is 4.18. The van der Waals surface area contributed by atoms with Gasteiger partial charge in [-0.2, -0.15) is 0 Å². The first-order chi connectivity index (χ1) is 8.66. The van der Waals surface area contributed by atoms with Gasteiger partial charge < -0.3 is 10.2 Å². The van der Waals surface area contributed by atoms with E-state index in [0.29, 0.717) is 10.2 Å². The lowest BCUT2D eigenvalue weighted by Gasteiger charge is -2.37. The van der Waals surface area contributed by atoms with Crippen molar-refractivity contribution in [1.82, 2.24) is 0 Å². The molecule has 1 unspecified atom stereocenters. The van der Waals surface area contributed by atoms with E-state index >= 15 is 0 Å². The summed E-state index contributed by atoms with van der Waals surface area (Å²) in [5.74, 6) is -0.353. The average Bonchev–Trinajstić information content (AvgIpc) is 2.58. The molecule has 2 heterocycles. The molecule has 3 rings (SSSR count). The Hall–Kier alpha value is -1.10. The molecule has 5 heteroatoms. The van der Waals surface area contributed by atoms with Crippen LogP contribution in [-0.4, -0.2) is 18.5 Å². The zero-order valence-corrected chi connectivity index (χ0v) is 11.5. The predicted molar refractivity (Wildman–Crippen MR) is 72.3 cm³/mol. The Morgan fingerprint density at radius 2 is 2.17 bits per heavy atom. The molecule has 1 saturated heterocycles. The van der Waals surface area contributed by atoms with E-state index in [1.165, 1.54) is 6.07 Å². The Balaban J connectivity index is 2.08. The maximum Gasteiger partial charge on any atom is 0.247 e. The Morgan fingerprint density at radius 3 is 3.00 bits per heavy atom. The topological polar surface area (TPSA) is 32.3 Å². The highest BCUT2D eigenvalue weighted by atomic mass is 79.9. The molecule has 1 N–H and O–H groups in total. The van der Waals surface area contributed by atoms with Crippen molar-refractivity contribution >= 4 is 33.2 Å². The molecule has 1 aromatic rings. The van der Waals surface area contributed by atoms with Gasteiger partial charge in [0, 0.05) is 12.6 Å². The van der Waals surface area contributed by atoms with Gasteiger partial charge in [-0.15, -0.1) is 0 Å². The number of rotatable bonds is 0. The molecule has 2 aliphatic heterocycles. The van der Waals surface area contributed by atoms with E-state index in [0.717, 1.165) is 37.9 Å². The number of nitrogens with zero attached hydrogens (tertiary/aromatic N) is 1. The number of fused-ring (bicyclic) bond motifs is 3. The van der Waals surface area contributed by atoms with E-state index in [-0.39, 0.29) is 17.8 Å². The van der Waals surface area contributed by atoms with Crippen LogP contribution in [0.4, 0.5) is 15.8 Å². The van der Waals surface area contributed by atoms with Crippen LogP contribution in [0.2, 0.25) is 0 Å². The highest BCUT2D eigenvalue weighted by Crippen LogP contribution is 2.38. The molecular formula is C13H14BrFN2O. The lowest BCUT2D eigenvalue weighted by atomic mass is 10.0. The van der Waals surface area contributed by atoms with Crippen molar-refractivity contribution in [1.29, 1.82) is 0 Å². The molecule has 96 valence electrons. The third kappa shape index (κ3) is 1.90. The largest absolute Gasteiger partial charge is 0.358 e. The zero-order valence-electron chi connectivity index (χ0n) is 9.88. The Labute approximate surface area is 113 Å². The molecular weight excluding hydrogens is 299 g/mol. The van der Waals surface area contributed by atoms with Crippen LogP contribution in [0.5, 0.6) is 0 Å². The number of carbonyl (C=O) groups is 1. The van der Waals surface area contributed by atoms with Crippen molar-refractivity contribution in [2.24, 2.45) is 0 Å². The minimum Gasteiger partial charge on any atom is -0.358 e. The van der Waals surface area contributed by atoms with Crippen LogP contribution in [-0.2, 0) is 4.79 Å². The van der Waals surface area contributed by atoms with Gasteiger partial charge in [0.1, 0.15) is 11.9 Å². The number of carbonyl (C=O) groups excluding carboxylic acids is 1. The monoisotopic (exact) mass is 312 g/mol. The standard InChI is InChI=1S/C13H14BrFN2O/c14-8-6-12-10(7-9(8)15)16-13(18)11-4-2-1-3-5-17(11)12/h6-7,11H,1-5H2,(H,16,18). The number of hydrogen-bond donors (Lipinski definition) is 1. The van der Waals surface area contributed by atoms with E-state index < -0.39 is 0 Å². The van der Waals surface area contributed by atoms with Crippen LogP contribution < -0.4 is 10.2 Å². The molecule has 0 aliphatic carbocycles. The quantitative estimate of drug-likeness (QED) is 0.797. The SMILES string of the molecule is O=C1Nc2cc(F)c(Br)cc2N2CCCCCC12. The van der Waals surface area contributed by atoms with Gasteiger partial charge in [-0.3, -0.25) is 4.79 Å². The van der Waals surface area contributed by atoms with Gasteiger partial charge in [0.2, 0.25) is 5.91 Å². The molecule has 1 fully saturated rings. The maximum absolute atomic E-state index is 13.5. The Kier molecular flexibility index (Phi) is 3.01. The summed E-state index contributed by atoms with van der Waals surface area (Å²) in [5, 5.41) is 2.81. The summed E-state index contributed by atoms with van der Waals surface area (Å²) in [4.78, 5) is 14.2. The number of hydrogen-bond acceptors (Lipinski definition) is 2. The number of nitrogens with one attached hydrogen (secondary N) is 1. The van der Waals surface area contributed by atoms with E-state index in [1.807, 2.05) is 0 Å². The summed E-state index contributed by atoms with van der Waals surface area (Å²) in [5.41, 5.74) is 1.51. The molecule has 1 aromatic carbocycles. The summed E-state index contributed by atoms with van der Waals surface area (Å²) in [6.45, 7) is 0.864. The molecule has 18 heavy (non-hydrogen) atoms. The zero-order chi connectivity index (χ0) is 12.7. The molecule has 1 amide bonds. The van der Waals surface area contributed by atoms with Crippen molar-refractivity contribution in [3.63, 3.8) is 0 Å². The van der Waals surface area contributed by atoms with Gasteiger partial charge in [-0.1, -0.05) is 12.8 Å². The minimum atomic E-state index is -0.345. The number of anilines is 2. The van der Waals surface area contributed by atoms with E-state index in [9.17, 15) is 9.18 Å². The first kappa shape index (κ1) is 12.0. The lowest BCUT2D eigenvalue weighted by Crippen LogP contribution is -2.47. The third-order valence-corrected chi connectivity index (χ3v) is 4.27. The molecule has 2 aliphatic rings. The van der Waals surface area contributed by atoms with E-state index in [1.54, 1.807) is 6.07 Å². The highest BCUT2D eigenvalue weighted by molar-refractivity contribution is 9.10. The fraction of sp³-hybridized carbons (Fsp3) is 0.462. The normalized spacial score (nSPS) is 22.9. The fourth-order valence-corrected chi connectivity index (χ4v) is 3.09. The van der Waals surface area contributed by atoms with Crippen molar-refractivity contribution in [2.75, 3.05) is 16.8 Å². The molecule has 0 aromatic heterocycles. The molecule has 3 nitrogen and oxygen atoms in total. The van der Waals surface area contributed by atoms with E-state index in [2.05, 4.69) is 26.1 Å². The molecule has 0 bridgehead atoms. The smallest absolute Gasteiger partial charge is 0.247 e. The Bertz CT molecular complexity index is 506. The number of amides is 1. The van der Waals surface area contributed by atoms with Crippen LogP contribution in [0.15, 0.2) is 16.6 Å². The molecule has 0 saturated carbocycles. The van der Waals surface area contributed by atoms with Crippen LogP contribution in [0.25, 0.3) is 0 Å². The first-order valence-electron chi connectivity index (χ1n) is 6.23. The lowest BCUT2D eigenvalue weighted by molar-refractivity contribution is -0.117. The van der Waals surface area contributed by atoms with Crippen molar-refractivity contribution in [2.45, 2.75) is 31.7 Å². The van der Waals surface area contributed by atoms with Crippen LogP contribution in [0.1, 0.15) is 25.7 Å². The van der Waals surface area contributed by atoms with Gasteiger partial charge in [0.15, 0.2) is 0 Å². The number of benzene rings is 1. The molecule has 0 radical (unpaired) electrons. The minimum absolute atomic E-state index is 0.00822. The van der Waals surface area contributed by atoms with Crippen molar-refractivity contribution < 1.29 is 9.18 Å². The second-order valence-electron chi connectivity index (χ2n) is 4.83. The molecule has 0 spiro atoms. The average molecular weight is 313 g/mol. The van der Waals surface area contributed by atoms with Gasteiger partial charge in [-0.05, 0) is 34.8 Å². The van der Waals surface area contributed by atoms with Crippen molar-refractivity contribution in [3.05, 3.63) is 22.4 Å². The van der Waals surface area contributed by atoms with Gasteiger partial charge in [0.05, 0.1) is 15.8 Å². The van der Waals surface area contributed by atoms with Crippen LogP contribution >= 0.6 is 15.9 Å². The summed E-state index contributed by atoms with van der Waals surface area (Å²) >= 11 is 3.21. The number of halogens is 2. The summed E-state index contributed by atoms with van der Waals surface area (Å²) in [6, 6.07) is 3.05. The van der Waals surface area contributed by atoms with Gasteiger partial charge >= 0.3 is 0 Å². The molecule has 1 atom stereocenters. The second-order valence-corrected chi connectivity index (χ2v) is 5.69. The predicted octanol–water partition coefficient (Wildman–Crippen LogP) is 3.29. The Morgan fingerprint density at radius 1 is 1.33 bits per heavy atom. The fourth-order valence-electron chi connectivity index (χ4n) is 2.76. The van der Waals surface area contributed by atoms with Crippen LogP contribution in [0, 0.1) is 5.82 Å². The van der Waals surface area contributed by atoms with Gasteiger partial charge in [-0.25, -0.2) is 4.39 Å². The van der Waals surface area contributed by atoms with Gasteiger partial charge in [0.25, 0.3) is 0 Å². The van der Waals surface area contributed by atoms with E-state index in [4.69, 9.17) is 0 Å². The third-order valence-electron chi connectivity index (χ3n) is 3.66. The van der Waals surface area contributed by atoms with Crippen molar-refractivity contribution in [3.8, 4) is 0 Å². The van der Waals surface area contributed by atoms with Crippen LogP contribution in [0.3, 0.4) is 0 Å².